The second kappa shape index (κ2) is 3.05. The van der Waals surface area contributed by atoms with Crippen LogP contribution < -0.4 is 5.73 Å². The molecule has 1 saturated heterocycles. The van der Waals surface area contributed by atoms with E-state index >= 15 is 0 Å². The minimum absolute atomic E-state index is 0.267. The van der Waals surface area contributed by atoms with Gasteiger partial charge in [0.05, 0.1) is 4.75 Å². The van der Waals surface area contributed by atoms with Crippen LogP contribution in [0.3, 0.4) is 0 Å². The number of carbonyl (C=O) groups is 1. The summed E-state index contributed by atoms with van der Waals surface area (Å²) >= 11 is 6.11. The Bertz CT molecular complexity index is 143. The van der Waals surface area contributed by atoms with E-state index in [1.54, 1.807) is 0 Å². The second-order valence-electron chi connectivity index (χ2n) is 2.51. The van der Waals surface area contributed by atoms with Gasteiger partial charge in [0.2, 0.25) is 5.91 Å². The summed E-state index contributed by atoms with van der Waals surface area (Å²) in [6.07, 6.45) is 1.63. The normalized spacial score (nSPS) is 24.1. The Kier molecular flexibility index (Phi) is 2.52. The molecule has 4 heteroatoms. The molecule has 0 atom stereocenters. The molecule has 1 rings (SSSR count). The summed E-state index contributed by atoms with van der Waals surface area (Å²) in [6, 6.07) is 0. The van der Waals surface area contributed by atoms with E-state index in [1.807, 2.05) is 11.8 Å². The summed E-state index contributed by atoms with van der Waals surface area (Å²) in [6.45, 7) is 0. The van der Waals surface area contributed by atoms with Gasteiger partial charge in [0, 0.05) is 0 Å². The molecule has 58 valence electrons. The third-order valence-electron chi connectivity index (χ3n) is 1.78. The molecule has 1 amide bonds. The van der Waals surface area contributed by atoms with Crippen LogP contribution in [0.5, 0.6) is 0 Å². The lowest BCUT2D eigenvalue weighted by Gasteiger charge is -2.28. The summed E-state index contributed by atoms with van der Waals surface area (Å²) in [5.41, 5.74) is 5.18. The molecule has 0 radical (unpaired) electrons. The molecule has 1 aliphatic rings. The van der Waals surface area contributed by atoms with Gasteiger partial charge >= 0.3 is 0 Å². The van der Waals surface area contributed by atoms with E-state index in [0.29, 0.717) is 0 Å². The molecule has 10 heavy (non-hydrogen) atoms. The molecule has 2 nitrogen and oxygen atoms in total. The molecule has 0 bridgehead atoms. The lowest BCUT2D eigenvalue weighted by atomic mass is 10.0. The van der Waals surface area contributed by atoms with Crippen molar-refractivity contribution in [1.82, 2.24) is 0 Å². The van der Waals surface area contributed by atoms with E-state index in [1.165, 1.54) is 0 Å². The first kappa shape index (κ1) is 8.27. The second-order valence-corrected chi connectivity index (χ2v) is 4.59. The largest absolute Gasteiger partial charge is 0.368 e. The highest BCUT2D eigenvalue weighted by Crippen LogP contribution is 2.31. The Balaban J connectivity index is 2.56. The molecule has 0 aromatic rings. The van der Waals surface area contributed by atoms with Gasteiger partial charge in [-0.25, -0.2) is 0 Å². The summed E-state index contributed by atoms with van der Waals surface area (Å²) in [4.78, 5) is 10.8. The summed E-state index contributed by atoms with van der Waals surface area (Å²) < 4.78 is -0.509. The van der Waals surface area contributed by atoms with Crippen LogP contribution in [0.25, 0.3) is 0 Å². The minimum atomic E-state index is -0.509. The highest BCUT2D eigenvalue weighted by Gasteiger charge is 2.33. The lowest BCUT2D eigenvalue weighted by Crippen LogP contribution is -2.41. The average Bonchev–Trinajstić information content (AvgIpc) is 1.89. The van der Waals surface area contributed by atoms with Gasteiger partial charge in [0.25, 0.3) is 0 Å². The van der Waals surface area contributed by atoms with Crippen LogP contribution in [-0.4, -0.2) is 22.2 Å². The zero-order chi connectivity index (χ0) is 7.61. The van der Waals surface area contributed by atoms with Gasteiger partial charge in [-0.05, 0) is 24.3 Å². The van der Waals surface area contributed by atoms with Crippen molar-refractivity contribution in [2.45, 2.75) is 17.6 Å². The van der Waals surface area contributed by atoms with Gasteiger partial charge in [0.1, 0.15) is 0 Å². The van der Waals surface area contributed by atoms with Crippen LogP contribution in [0.1, 0.15) is 12.8 Å². The van der Waals surface area contributed by atoms with Gasteiger partial charge in [-0.2, -0.15) is 24.4 Å². The fourth-order valence-corrected chi connectivity index (χ4v) is 2.67. The Hall–Kier alpha value is 0.170. The maximum atomic E-state index is 10.8. The number of thiol groups is 1. The maximum absolute atomic E-state index is 10.8. The molecular weight excluding hydrogens is 166 g/mol. The van der Waals surface area contributed by atoms with Gasteiger partial charge in [-0.3, -0.25) is 4.79 Å². The molecular formula is C6H11NOS2. The van der Waals surface area contributed by atoms with E-state index in [0.717, 1.165) is 24.3 Å². The van der Waals surface area contributed by atoms with Crippen molar-refractivity contribution < 1.29 is 4.79 Å². The van der Waals surface area contributed by atoms with Crippen molar-refractivity contribution >= 4 is 30.3 Å². The first-order valence-electron chi connectivity index (χ1n) is 3.25. The number of carbonyl (C=O) groups excluding carboxylic acids is 1. The Labute approximate surface area is 70.3 Å². The predicted octanol–water partition coefficient (Wildman–Crippen LogP) is 0.667. The monoisotopic (exact) mass is 177 g/mol. The highest BCUT2D eigenvalue weighted by molar-refractivity contribution is 7.99. The van der Waals surface area contributed by atoms with Crippen molar-refractivity contribution in [2.75, 3.05) is 11.5 Å². The summed E-state index contributed by atoms with van der Waals surface area (Å²) in [5.74, 6) is 1.75. The molecule has 1 fully saturated rings. The summed E-state index contributed by atoms with van der Waals surface area (Å²) in [5, 5.41) is 0. The van der Waals surface area contributed by atoms with Gasteiger partial charge in [0.15, 0.2) is 0 Å². The van der Waals surface area contributed by atoms with Gasteiger partial charge in [-0.1, -0.05) is 0 Å². The smallest absolute Gasteiger partial charge is 0.233 e. The Morgan fingerprint density at radius 1 is 1.50 bits per heavy atom. The Morgan fingerprint density at radius 2 is 2.00 bits per heavy atom. The highest BCUT2D eigenvalue weighted by atomic mass is 32.2. The molecule has 0 spiro atoms. The number of amides is 1. The number of primary amides is 1. The molecule has 0 aromatic carbocycles. The van der Waals surface area contributed by atoms with Gasteiger partial charge in [-0.15, -0.1) is 0 Å². The van der Waals surface area contributed by atoms with Crippen LogP contribution in [0.2, 0.25) is 0 Å². The van der Waals surface area contributed by atoms with E-state index in [4.69, 9.17) is 5.73 Å². The van der Waals surface area contributed by atoms with Crippen LogP contribution >= 0.6 is 24.4 Å². The maximum Gasteiger partial charge on any atom is 0.233 e. The standard InChI is InChI=1S/C6H11NOS2/c7-5(8)6(9)1-3-10-4-2-6/h9H,1-4H2,(H2,7,8). The number of rotatable bonds is 1. The molecule has 0 aromatic heterocycles. The molecule has 1 aliphatic heterocycles. The van der Waals surface area contributed by atoms with Crippen LogP contribution in [0, 0.1) is 0 Å². The van der Waals surface area contributed by atoms with Crippen LogP contribution in [0.4, 0.5) is 0 Å². The van der Waals surface area contributed by atoms with Crippen molar-refractivity contribution in [3.05, 3.63) is 0 Å². The minimum Gasteiger partial charge on any atom is -0.368 e. The average molecular weight is 177 g/mol. The molecule has 0 saturated carbocycles. The van der Waals surface area contributed by atoms with E-state index in [2.05, 4.69) is 12.6 Å². The Morgan fingerprint density at radius 3 is 2.30 bits per heavy atom. The van der Waals surface area contributed by atoms with Crippen LogP contribution in [-0.2, 0) is 4.79 Å². The SMILES string of the molecule is NC(=O)C1(S)CCSCC1. The molecule has 2 N–H and O–H groups in total. The molecule has 0 unspecified atom stereocenters. The fraction of sp³-hybridized carbons (Fsp3) is 0.833. The van der Waals surface area contributed by atoms with Gasteiger partial charge < -0.3 is 5.73 Å². The number of nitrogens with two attached hydrogens (primary N) is 1. The zero-order valence-electron chi connectivity index (χ0n) is 5.67. The quantitative estimate of drug-likeness (QED) is 0.578. The first-order valence-corrected chi connectivity index (χ1v) is 4.85. The predicted molar refractivity (Wildman–Crippen MR) is 47.5 cm³/mol. The third kappa shape index (κ3) is 1.61. The fourth-order valence-electron chi connectivity index (χ4n) is 0.955. The number of hydrogen-bond acceptors (Lipinski definition) is 3. The van der Waals surface area contributed by atoms with Crippen LogP contribution in [0.15, 0.2) is 0 Å². The lowest BCUT2D eigenvalue weighted by molar-refractivity contribution is -0.120. The number of thioether (sulfide) groups is 1. The van der Waals surface area contributed by atoms with Crippen molar-refractivity contribution in [2.24, 2.45) is 5.73 Å². The van der Waals surface area contributed by atoms with Crippen molar-refractivity contribution in [3.8, 4) is 0 Å². The first-order chi connectivity index (χ1) is 4.65. The zero-order valence-corrected chi connectivity index (χ0v) is 7.38. The topological polar surface area (TPSA) is 43.1 Å². The summed E-state index contributed by atoms with van der Waals surface area (Å²) in [7, 11) is 0. The number of hydrogen-bond donors (Lipinski definition) is 2. The third-order valence-corrected chi connectivity index (χ3v) is 3.43. The van der Waals surface area contributed by atoms with E-state index in [-0.39, 0.29) is 5.91 Å². The van der Waals surface area contributed by atoms with E-state index < -0.39 is 4.75 Å². The molecule has 0 aliphatic carbocycles. The van der Waals surface area contributed by atoms with E-state index in [9.17, 15) is 4.79 Å². The molecule has 1 heterocycles. The van der Waals surface area contributed by atoms with Crippen molar-refractivity contribution in [3.63, 3.8) is 0 Å². The van der Waals surface area contributed by atoms with Crippen molar-refractivity contribution in [1.29, 1.82) is 0 Å².